The highest BCUT2D eigenvalue weighted by Crippen LogP contribution is 2.51. The molecule has 15 heavy (non-hydrogen) atoms. The van der Waals surface area contributed by atoms with Crippen LogP contribution in [0.2, 0.25) is 0 Å². The van der Waals surface area contributed by atoms with Crippen LogP contribution in [0.25, 0.3) is 0 Å². The minimum Gasteiger partial charge on any atom is -0.0651 e. The van der Waals surface area contributed by atoms with Crippen molar-refractivity contribution in [2.75, 3.05) is 0 Å². The van der Waals surface area contributed by atoms with Gasteiger partial charge in [0.25, 0.3) is 0 Å². The maximum Gasteiger partial charge on any atom is -0.0267 e. The van der Waals surface area contributed by atoms with Crippen molar-refractivity contribution in [2.45, 2.75) is 67.2 Å². The zero-order chi connectivity index (χ0) is 11.6. The molecule has 0 aromatic carbocycles. The van der Waals surface area contributed by atoms with Crippen molar-refractivity contribution in [3.05, 3.63) is 0 Å². The summed E-state index contributed by atoms with van der Waals surface area (Å²) in [5, 5.41) is 0. The third-order valence-corrected chi connectivity index (χ3v) is 5.36. The molecule has 0 aliphatic heterocycles. The second kappa shape index (κ2) is 4.89. The van der Waals surface area contributed by atoms with Gasteiger partial charge < -0.3 is 0 Å². The summed E-state index contributed by atoms with van der Waals surface area (Å²) in [5.41, 5.74) is 0.598. The van der Waals surface area contributed by atoms with Gasteiger partial charge in [0.15, 0.2) is 0 Å². The second-order valence-electron chi connectivity index (χ2n) is 6.42. The molecule has 0 nitrogen and oxygen atoms in total. The van der Waals surface area contributed by atoms with Gasteiger partial charge in [0, 0.05) is 0 Å². The minimum absolute atomic E-state index is 0.598. The van der Waals surface area contributed by atoms with Crippen LogP contribution in [0.5, 0.6) is 0 Å². The molecule has 0 heteroatoms. The zero-order valence-corrected chi connectivity index (χ0v) is 11.6. The summed E-state index contributed by atoms with van der Waals surface area (Å²) in [6.45, 7) is 14.7. The molecule has 1 aliphatic rings. The van der Waals surface area contributed by atoms with E-state index in [-0.39, 0.29) is 0 Å². The van der Waals surface area contributed by atoms with Crippen LogP contribution >= 0.6 is 0 Å². The molecule has 1 fully saturated rings. The smallest absolute Gasteiger partial charge is 0.0267 e. The fourth-order valence-electron chi connectivity index (χ4n) is 4.15. The van der Waals surface area contributed by atoms with Gasteiger partial charge in [0.1, 0.15) is 0 Å². The van der Waals surface area contributed by atoms with Crippen molar-refractivity contribution in [1.29, 1.82) is 0 Å². The van der Waals surface area contributed by atoms with E-state index in [1.54, 1.807) is 0 Å². The van der Waals surface area contributed by atoms with E-state index in [1.165, 1.54) is 25.7 Å². The maximum absolute atomic E-state index is 2.56. The summed E-state index contributed by atoms with van der Waals surface area (Å²) in [7, 11) is 0. The SMILES string of the molecule is CCC(C(C)C)C1(C)CCCC(C)C1C. The lowest BCUT2D eigenvalue weighted by molar-refractivity contribution is -0.00427. The fraction of sp³-hybridized carbons (Fsp3) is 1.00. The van der Waals surface area contributed by atoms with Crippen LogP contribution in [0.1, 0.15) is 67.2 Å². The molecule has 0 spiro atoms. The van der Waals surface area contributed by atoms with E-state index in [1.807, 2.05) is 0 Å². The zero-order valence-electron chi connectivity index (χ0n) is 11.6. The Kier molecular flexibility index (Phi) is 4.26. The maximum atomic E-state index is 2.56. The van der Waals surface area contributed by atoms with Crippen LogP contribution in [0.4, 0.5) is 0 Å². The van der Waals surface area contributed by atoms with Crippen molar-refractivity contribution in [1.82, 2.24) is 0 Å². The third kappa shape index (κ3) is 2.40. The van der Waals surface area contributed by atoms with Gasteiger partial charge in [-0.1, -0.05) is 60.8 Å². The van der Waals surface area contributed by atoms with Crippen molar-refractivity contribution in [3.63, 3.8) is 0 Å². The molecule has 0 saturated heterocycles. The molecule has 0 heterocycles. The van der Waals surface area contributed by atoms with Crippen LogP contribution in [0, 0.1) is 29.1 Å². The second-order valence-corrected chi connectivity index (χ2v) is 6.42. The third-order valence-electron chi connectivity index (χ3n) is 5.36. The predicted octanol–water partition coefficient (Wildman–Crippen LogP) is 5.13. The molecule has 0 aromatic heterocycles. The van der Waals surface area contributed by atoms with Gasteiger partial charge in [-0.3, -0.25) is 0 Å². The molecular weight excluding hydrogens is 180 g/mol. The largest absolute Gasteiger partial charge is 0.0651 e. The highest BCUT2D eigenvalue weighted by atomic mass is 14.5. The Hall–Kier alpha value is 0. The Morgan fingerprint density at radius 1 is 1.27 bits per heavy atom. The van der Waals surface area contributed by atoms with E-state index >= 15 is 0 Å². The summed E-state index contributed by atoms with van der Waals surface area (Å²) in [5.74, 6) is 3.58. The van der Waals surface area contributed by atoms with Crippen LogP contribution in [-0.2, 0) is 0 Å². The summed E-state index contributed by atoms with van der Waals surface area (Å²) in [4.78, 5) is 0. The lowest BCUT2D eigenvalue weighted by Gasteiger charge is -2.50. The number of hydrogen-bond acceptors (Lipinski definition) is 0. The van der Waals surface area contributed by atoms with Gasteiger partial charge in [0.05, 0.1) is 0 Å². The summed E-state index contributed by atoms with van der Waals surface area (Å²) in [6.07, 6.45) is 5.71. The lowest BCUT2D eigenvalue weighted by Crippen LogP contribution is -2.42. The van der Waals surface area contributed by atoms with E-state index in [4.69, 9.17) is 0 Å². The average molecular weight is 210 g/mol. The van der Waals surface area contributed by atoms with E-state index in [2.05, 4.69) is 41.5 Å². The molecule has 0 aromatic rings. The molecule has 1 rings (SSSR count). The van der Waals surface area contributed by atoms with Crippen molar-refractivity contribution < 1.29 is 0 Å². The first kappa shape index (κ1) is 13.1. The first-order chi connectivity index (χ1) is 6.93. The molecule has 90 valence electrons. The van der Waals surface area contributed by atoms with E-state index in [0.29, 0.717) is 5.41 Å². The van der Waals surface area contributed by atoms with Crippen molar-refractivity contribution in [2.24, 2.45) is 29.1 Å². The first-order valence-corrected chi connectivity index (χ1v) is 6.93. The highest BCUT2D eigenvalue weighted by molar-refractivity contribution is 4.92. The van der Waals surface area contributed by atoms with Gasteiger partial charge in [0.2, 0.25) is 0 Å². The molecule has 0 amide bonds. The van der Waals surface area contributed by atoms with Crippen LogP contribution in [-0.4, -0.2) is 0 Å². The minimum atomic E-state index is 0.598. The molecule has 0 N–H and O–H groups in total. The summed E-state index contributed by atoms with van der Waals surface area (Å²) in [6, 6.07) is 0. The average Bonchev–Trinajstić information content (AvgIpc) is 2.14. The first-order valence-electron chi connectivity index (χ1n) is 6.93. The Bertz CT molecular complexity index is 194. The van der Waals surface area contributed by atoms with Crippen LogP contribution in [0.15, 0.2) is 0 Å². The summed E-state index contributed by atoms with van der Waals surface area (Å²) < 4.78 is 0. The normalized spacial score (nSPS) is 39.4. The fourth-order valence-corrected chi connectivity index (χ4v) is 4.15. The Balaban J connectivity index is 2.86. The molecule has 1 saturated carbocycles. The molecule has 0 radical (unpaired) electrons. The topological polar surface area (TPSA) is 0 Å². The quantitative estimate of drug-likeness (QED) is 0.605. The van der Waals surface area contributed by atoms with Crippen molar-refractivity contribution in [3.8, 4) is 0 Å². The van der Waals surface area contributed by atoms with E-state index < -0.39 is 0 Å². The van der Waals surface area contributed by atoms with Gasteiger partial charge in [-0.15, -0.1) is 0 Å². The van der Waals surface area contributed by atoms with Gasteiger partial charge >= 0.3 is 0 Å². The Morgan fingerprint density at radius 3 is 2.33 bits per heavy atom. The lowest BCUT2D eigenvalue weighted by atomic mass is 9.55. The molecule has 4 atom stereocenters. The molecule has 4 unspecified atom stereocenters. The highest BCUT2D eigenvalue weighted by Gasteiger charge is 2.43. The van der Waals surface area contributed by atoms with Gasteiger partial charge in [-0.05, 0) is 35.5 Å². The van der Waals surface area contributed by atoms with Crippen LogP contribution in [0.3, 0.4) is 0 Å². The van der Waals surface area contributed by atoms with E-state index in [0.717, 1.165) is 23.7 Å². The standard InChI is InChI=1S/C15H30/c1-7-14(11(2)3)15(6)10-8-9-12(4)13(15)5/h11-14H,7-10H2,1-6H3. The number of hydrogen-bond donors (Lipinski definition) is 0. The summed E-state index contributed by atoms with van der Waals surface area (Å²) >= 11 is 0. The Morgan fingerprint density at radius 2 is 1.87 bits per heavy atom. The molecule has 1 aliphatic carbocycles. The van der Waals surface area contributed by atoms with Crippen LogP contribution < -0.4 is 0 Å². The molecular formula is C15H30. The van der Waals surface area contributed by atoms with E-state index in [9.17, 15) is 0 Å². The van der Waals surface area contributed by atoms with Gasteiger partial charge in [-0.2, -0.15) is 0 Å². The monoisotopic (exact) mass is 210 g/mol. The van der Waals surface area contributed by atoms with Gasteiger partial charge in [-0.25, -0.2) is 0 Å². The van der Waals surface area contributed by atoms with Crippen molar-refractivity contribution >= 4 is 0 Å². The predicted molar refractivity (Wildman–Crippen MR) is 68.9 cm³/mol. The Labute approximate surface area is 96.8 Å². The molecule has 0 bridgehead atoms. The number of rotatable bonds is 3.